The van der Waals surface area contributed by atoms with Gasteiger partial charge in [0.25, 0.3) is 0 Å². The SMILES string of the molecule is [CH]1[CH][CH][C](C(c2ccc3cccccc2-3)c2ccc3cccccc2-3)[CH]1. The summed E-state index contributed by atoms with van der Waals surface area (Å²) in [5.41, 5.74) is 8.00. The van der Waals surface area contributed by atoms with Crippen molar-refractivity contribution in [3.63, 3.8) is 0 Å². The molecule has 0 unspecified atom stereocenters. The molecule has 5 aliphatic carbocycles. The lowest BCUT2D eigenvalue weighted by Gasteiger charge is -2.24. The van der Waals surface area contributed by atoms with Crippen LogP contribution < -0.4 is 0 Å². The van der Waals surface area contributed by atoms with E-state index in [0.29, 0.717) is 0 Å². The highest BCUT2D eigenvalue weighted by Crippen LogP contribution is 2.48. The first-order chi connectivity index (χ1) is 12.9. The summed E-state index contributed by atoms with van der Waals surface area (Å²) in [5, 5.41) is 0. The topological polar surface area (TPSA) is 0 Å². The van der Waals surface area contributed by atoms with Crippen molar-refractivity contribution < 1.29 is 0 Å². The summed E-state index contributed by atoms with van der Waals surface area (Å²) in [6, 6.07) is 30.6. The van der Waals surface area contributed by atoms with Gasteiger partial charge >= 0.3 is 0 Å². The van der Waals surface area contributed by atoms with Crippen molar-refractivity contribution in [2.75, 3.05) is 0 Å². The van der Waals surface area contributed by atoms with Gasteiger partial charge in [-0.3, -0.25) is 0 Å². The third-order valence-electron chi connectivity index (χ3n) is 5.29. The Balaban J connectivity index is 1.70. The van der Waals surface area contributed by atoms with Crippen LogP contribution in [-0.2, 0) is 0 Å². The van der Waals surface area contributed by atoms with E-state index >= 15 is 0 Å². The summed E-state index contributed by atoms with van der Waals surface area (Å²) >= 11 is 0. The zero-order valence-corrected chi connectivity index (χ0v) is 14.5. The lowest BCUT2D eigenvalue weighted by molar-refractivity contribution is 0.887. The molecule has 0 atom stereocenters. The summed E-state index contributed by atoms with van der Waals surface area (Å²) in [6.07, 6.45) is 8.76. The second-order valence-corrected chi connectivity index (χ2v) is 6.79. The average molecular weight is 331 g/mol. The second-order valence-electron chi connectivity index (χ2n) is 6.79. The van der Waals surface area contributed by atoms with E-state index in [1.807, 2.05) is 0 Å². The van der Waals surface area contributed by atoms with E-state index in [9.17, 15) is 0 Å². The van der Waals surface area contributed by atoms with E-state index in [4.69, 9.17) is 0 Å². The van der Waals surface area contributed by atoms with Crippen LogP contribution in [0.2, 0.25) is 0 Å². The molecule has 5 aliphatic rings. The van der Waals surface area contributed by atoms with Gasteiger partial charge in [-0.15, -0.1) is 0 Å². The molecule has 0 bridgehead atoms. The maximum Gasteiger partial charge on any atom is 0.0170 e. The minimum atomic E-state index is 0.241. The highest BCUT2D eigenvalue weighted by atomic mass is 14.4. The Kier molecular flexibility index (Phi) is 3.97. The van der Waals surface area contributed by atoms with Crippen molar-refractivity contribution in [3.05, 3.63) is 128 Å². The molecule has 0 aromatic rings. The Labute approximate surface area is 156 Å². The van der Waals surface area contributed by atoms with Gasteiger partial charge in [0.2, 0.25) is 0 Å². The predicted octanol–water partition coefficient (Wildman–Crippen LogP) is 6.43. The Hall–Kier alpha value is -2.60. The molecule has 5 radical (unpaired) electrons. The first-order valence-electron chi connectivity index (χ1n) is 9.09. The zero-order valence-electron chi connectivity index (χ0n) is 14.5. The van der Waals surface area contributed by atoms with E-state index in [-0.39, 0.29) is 5.92 Å². The quantitative estimate of drug-likeness (QED) is 0.405. The molecule has 0 amide bonds. The second kappa shape index (κ2) is 6.61. The third-order valence-corrected chi connectivity index (χ3v) is 5.29. The van der Waals surface area contributed by atoms with Crippen LogP contribution in [0.1, 0.15) is 17.0 Å². The van der Waals surface area contributed by atoms with E-state index in [2.05, 4.69) is 111 Å². The maximum atomic E-state index is 2.30. The monoisotopic (exact) mass is 331 g/mol. The lowest BCUT2D eigenvalue weighted by atomic mass is 9.78. The van der Waals surface area contributed by atoms with Crippen molar-refractivity contribution in [2.45, 2.75) is 5.92 Å². The highest BCUT2D eigenvalue weighted by Gasteiger charge is 2.33. The largest absolute Gasteiger partial charge is 0.0622 e. The molecule has 5 rings (SSSR count). The van der Waals surface area contributed by atoms with Gasteiger partial charge < -0.3 is 0 Å². The van der Waals surface area contributed by atoms with Crippen LogP contribution in [0.15, 0.2) is 84.9 Å². The van der Waals surface area contributed by atoms with Gasteiger partial charge in [0.1, 0.15) is 0 Å². The van der Waals surface area contributed by atoms with Crippen LogP contribution in [0.5, 0.6) is 0 Å². The summed E-state index contributed by atoms with van der Waals surface area (Å²) < 4.78 is 0. The Morgan fingerprint density at radius 1 is 0.462 bits per heavy atom. The summed E-state index contributed by atoms with van der Waals surface area (Å²) in [4.78, 5) is 0. The van der Waals surface area contributed by atoms with Gasteiger partial charge in [-0.1, -0.05) is 84.9 Å². The molecular weight excluding hydrogens is 312 g/mol. The Morgan fingerprint density at radius 3 is 1.50 bits per heavy atom. The standard InChI is InChI=1S/C26H19/c1-3-9-19-15-17-24(22(19)13-5-1)26(21-11-7-8-12-21)25-18-16-20-10-4-2-6-14-23(20)25/h1-18,26H. The van der Waals surface area contributed by atoms with E-state index < -0.39 is 0 Å². The van der Waals surface area contributed by atoms with E-state index in [1.165, 1.54) is 39.3 Å². The molecule has 0 spiro atoms. The van der Waals surface area contributed by atoms with E-state index in [1.54, 1.807) is 0 Å². The summed E-state index contributed by atoms with van der Waals surface area (Å²) in [7, 11) is 0. The van der Waals surface area contributed by atoms with Crippen LogP contribution in [-0.4, -0.2) is 0 Å². The van der Waals surface area contributed by atoms with Gasteiger partial charge in [0.15, 0.2) is 0 Å². The van der Waals surface area contributed by atoms with Crippen LogP contribution in [0.3, 0.4) is 0 Å². The number of rotatable bonds is 3. The van der Waals surface area contributed by atoms with Crippen molar-refractivity contribution in [2.24, 2.45) is 0 Å². The molecule has 0 aromatic heterocycles. The van der Waals surface area contributed by atoms with Crippen LogP contribution in [0.25, 0.3) is 22.3 Å². The number of hydrogen-bond acceptors (Lipinski definition) is 0. The molecule has 0 N–H and O–H groups in total. The van der Waals surface area contributed by atoms with E-state index in [0.717, 1.165) is 0 Å². The van der Waals surface area contributed by atoms with Gasteiger partial charge in [-0.25, -0.2) is 0 Å². The van der Waals surface area contributed by atoms with Gasteiger partial charge in [0, 0.05) is 5.92 Å². The first kappa shape index (κ1) is 15.6. The lowest BCUT2D eigenvalue weighted by Crippen LogP contribution is -2.10. The Bertz CT molecular complexity index is 888. The minimum Gasteiger partial charge on any atom is -0.0622 e. The Morgan fingerprint density at radius 2 is 0.962 bits per heavy atom. The fourth-order valence-electron chi connectivity index (χ4n) is 4.09. The number of hydrogen-bond donors (Lipinski definition) is 0. The summed E-state index contributed by atoms with van der Waals surface area (Å²) in [6.45, 7) is 0. The summed E-state index contributed by atoms with van der Waals surface area (Å²) in [5.74, 6) is 1.59. The van der Waals surface area contributed by atoms with Crippen LogP contribution in [0, 0.1) is 31.6 Å². The molecule has 0 heteroatoms. The van der Waals surface area contributed by atoms with Gasteiger partial charge in [0.05, 0.1) is 0 Å². The van der Waals surface area contributed by atoms with Crippen LogP contribution >= 0.6 is 0 Å². The third kappa shape index (κ3) is 2.61. The smallest absolute Gasteiger partial charge is 0.0170 e. The molecule has 0 aromatic carbocycles. The molecule has 0 heterocycles. The molecule has 26 heavy (non-hydrogen) atoms. The maximum absolute atomic E-state index is 2.30. The normalized spacial score (nSPS) is 15.3. The molecule has 0 aliphatic heterocycles. The van der Waals surface area contributed by atoms with Crippen molar-refractivity contribution in [1.29, 1.82) is 0 Å². The van der Waals surface area contributed by atoms with Crippen LogP contribution in [0.4, 0.5) is 0 Å². The molecule has 1 fully saturated rings. The van der Waals surface area contributed by atoms with Gasteiger partial charge in [-0.2, -0.15) is 0 Å². The predicted molar refractivity (Wildman–Crippen MR) is 108 cm³/mol. The van der Waals surface area contributed by atoms with Crippen molar-refractivity contribution in [3.8, 4) is 22.3 Å². The zero-order chi connectivity index (χ0) is 17.3. The molecule has 1 saturated carbocycles. The van der Waals surface area contributed by atoms with Gasteiger partial charge in [-0.05, 0) is 65.0 Å². The average Bonchev–Trinajstić information content (AvgIpc) is 3.32. The van der Waals surface area contributed by atoms with Crippen molar-refractivity contribution in [1.82, 2.24) is 0 Å². The highest BCUT2D eigenvalue weighted by molar-refractivity contribution is 5.78. The molecule has 0 nitrogen and oxygen atoms in total. The fraction of sp³-hybridized carbons (Fsp3) is 0.0385. The minimum absolute atomic E-state index is 0.241. The first-order valence-corrected chi connectivity index (χ1v) is 9.09. The molecule has 0 saturated heterocycles. The fourth-order valence-corrected chi connectivity index (χ4v) is 4.09. The van der Waals surface area contributed by atoms with Crippen molar-refractivity contribution >= 4 is 0 Å². The molecular formula is C26H19. The molecule has 123 valence electrons. The number of fused-ring (bicyclic) bond motifs is 2.